The minimum Gasteiger partial charge on any atom is -0.460 e. The summed E-state index contributed by atoms with van der Waals surface area (Å²) >= 11 is 1.28. The molecule has 0 saturated heterocycles. The zero-order valence-electron chi connectivity index (χ0n) is 10.5. The number of carbonyl (C=O) groups excluding carboxylic acids is 1. The SMILES string of the molecule is O=CC1OC(c2snnc2C2CC2)=Nc2ccccc21. The molecule has 2 aliphatic rings. The molecule has 5 nitrogen and oxygen atoms in total. The van der Waals surface area contributed by atoms with Crippen LogP contribution in [0.4, 0.5) is 5.69 Å². The van der Waals surface area contributed by atoms with Gasteiger partial charge in [-0.15, -0.1) is 5.10 Å². The molecule has 1 aliphatic heterocycles. The topological polar surface area (TPSA) is 64.4 Å². The Kier molecular flexibility index (Phi) is 2.63. The fraction of sp³-hybridized carbons (Fsp3) is 0.286. The molecule has 1 fully saturated rings. The number of benzene rings is 1. The molecular weight excluding hydrogens is 274 g/mol. The molecule has 1 saturated carbocycles. The number of carbonyl (C=O) groups is 1. The fourth-order valence-corrected chi connectivity index (χ4v) is 3.01. The van der Waals surface area contributed by atoms with Crippen molar-refractivity contribution >= 4 is 29.4 Å². The molecule has 2 aromatic rings. The van der Waals surface area contributed by atoms with E-state index in [-0.39, 0.29) is 0 Å². The highest BCUT2D eigenvalue weighted by atomic mass is 32.1. The Hall–Kier alpha value is -2.08. The van der Waals surface area contributed by atoms with E-state index in [2.05, 4.69) is 14.6 Å². The molecule has 0 bridgehead atoms. The van der Waals surface area contributed by atoms with Crippen molar-refractivity contribution in [1.29, 1.82) is 0 Å². The van der Waals surface area contributed by atoms with E-state index in [0.29, 0.717) is 11.8 Å². The van der Waals surface area contributed by atoms with E-state index < -0.39 is 6.10 Å². The number of aliphatic imine (C=N–C) groups is 1. The van der Waals surface area contributed by atoms with Crippen LogP contribution in [0.3, 0.4) is 0 Å². The van der Waals surface area contributed by atoms with E-state index in [1.165, 1.54) is 11.5 Å². The van der Waals surface area contributed by atoms with Gasteiger partial charge in [0.25, 0.3) is 0 Å². The van der Waals surface area contributed by atoms with Crippen LogP contribution in [0.2, 0.25) is 0 Å². The minimum atomic E-state index is -0.604. The van der Waals surface area contributed by atoms with Gasteiger partial charge in [0.2, 0.25) is 5.90 Å². The fourth-order valence-electron chi connectivity index (χ4n) is 2.32. The van der Waals surface area contributed by atoms with Crippen LogP contribution in [-0.2, 0) is 9.53 Å². The molecule has 1 aliphatic carbocycles. The highest BCUT2D eigenvalue weighted by Crippen LogP contribution is 2.43. The maximum atomic E-state index is 11.3. The summed E-state index contributed by atoms with van der Waals surface area (Å²) in [4.78, 5) is 16.6. The van der Waals surface area contributed by atoms with Crippen LogP contribution in [0.5, 0.6) is 0 Å². The van der Waals surface area contributed by atoms with Crippen molar-refractivity contribution in [2.24, 2.45) is 4.99 Å². The van der Waals surface area contributed by atoms with Crippen molar-refractivity contribution in [3.8, 4) is 0 Å². The zero-order valence-corrected chi connectivity index (χ0v) is 11.3. The van der Waals surface area contributed by atoms with Gasteiger partial charge in [-0.1, -0.05) is 22.7 Å². The first kappa shape index (κ1) is 11.7. The Morgan fingerprint density at radius 3 is 2.95 bits per heavy atom. The second kappa shape index (κ2) is 4.49. The molecule has 0 amide bonds. The number of aromatic nitrogens is 2. The summed E-state index contributed by atoms with van der Waals surface area (Å²) in [6.07, 6.45) is 2.48. The average molecular weight is 285 g/mol. The Morgan fingerprint density at radius 1 is 1.30 bits per heavy atom. The van der Waals surface area contributed by atoms with E-state index >= 15 is 0 Å². The normalized spacial score (nSPS) is 20.8. The van der Waals surface area contributed by atoms with Gasteiger partial charge < -0.3 is 4.74 Å². The van der Waals surface area contributed by atoms with Crippen molar-refractivity contribution < 1.29 is 9.53 Å². The van der Waals surface area contributed by atoms with Crippen LogP contribution in [0.1, 0.15) is 41.0 Å². The van der Waals surface area contributed by atoms with E-state index in [4.69, 9.17) is 4.74 Å². The number of para-hydroxylation sites is 1. The minimum absolute atomic E-state index is 0.470. The van der Waals surface area contributed by atoms with Gasteiger partial charge in [-0.2, -0.15) is 0 Å². The molecule has 6 heteroatoms. The highest BCUT2D eigenvalue weighted by molar-refractivity contribution is 7.08. The van der Waals surface area contributed by atoms with Gasteiger partial charge in [0.15, 0.2) is 12.4 Å². The van der Waals surface area contributed by atoms with Crippen LogP contribution in [0.25, 0.3) is 0 Å². The quantitative estimate of drug-likeness (QED) is 0.813. The standard InChI is InChI=1S/C14H11N3O2S/c18-7-11-9-3-1-2-4-10(9)15-14(19-11)13-12(8-5-6-8)16-17-20-13/h1-4,7-8,11H,5-6H2. The van der Waals surface area contributed by atoms with Crippen LogP contribution >= 0.6 is 11.5 Å². The summed E-state index contributed by atoms with van der Waals surface area (Å²) in [5.41, 5.74) is 2.54. The lowest BCUT2D eigenvalue weighted by atomic mass is 10.1. The van der Waals surface area contributed by atoms with Crippen molar-refractivity contribution in [3.05, 3.63) is 40.4 Å². The molecule has 0 radical (unpaired) electrons. The van der Waals surface area contributed by atoms with Gasteiger partial charge in [-0.05, 0) is 30.4 Å². The maximum Gasteiger partial charge on any atom is 0.236 e. The Bertz CT molecular complexity index is 706. The van der Waals surface area contributed by atoms with Crippen molar-refractivity contribution in [2.45, 2.75) is 24.9 Å². The molecule has 2 heterocycles. The molecule has 1 aromatic carbocycles. The van der Waals surface area contributed by atoms with Crippen LogP contribution in [0, 0.1) is 0 Å². The van der Waals surface area contributed by atoms with Crippen molar-refractivity contribution in [1.82, 2.24) is 9.59 Å². The summed E-state index contributed by atoms with van der Waals surface area (Å²) in [5, 5.41) is 4.18. The predicted molar refractivity (Wildman–Crippen MR) is 74.4 cm³/mol. The van der Waals surface area contributed by atoms with Crippen LogP contribution in [-0.4, -0.2) is 21.8 Å². The van der Waals surface area contributed by atoms with Gasteiger partial charge >= 0.3 is 0 Å². The lowest BCUT2D eigenvalue weighted by Gasteiger charge is -2.21. The lowest BCUT2D eigenvalue weighted by Crippen LogP contribution is -2.18. The van der Waals surface area contributed by atoms with Crippen molar-refractivity contribution in [3.63, 3.8) is 0 Å². The maximum absolute atomic E-state index is 11.3. The number of aldehydes is 1. The first-order chi connectivity index (χ1) is 9.86. The third-order valence-electron chi connectivity index (χ3n) is 3.50. The Morgan fingerprint density at radius 2 is 2.15 bits per heavy atom. The van der Waals surface area contributed by atoms with Gasteiger partial charge in [0, 0.05) is 11.5 Å². The Labute approximate surface area is 119 Å². The summed E-state index contributed by atoms with van der Waals surface area (Å²) < 4.78 is 9.75. The molecule has 0 N–H and O–H groups in total. The first-order valence-electron chi connectivity index (χ1n) is 6.49. The highest BCUT2D eigenvalue weighted by Gasteiger charge is 2.34. The molecular formula is C14H11N3O2S. The van der Waals surface area contributed by atoms with Gasteiger partial charge in [-0.3, -0.25) is 4.79 Å². The third kappa shape index (κ3) is 1.84. The van der Waals surface area contributed by atoms with Gasteiger partial charge in [0.05, 0.1) is 11.4 Å². The van der Waals surface area contributed by atoms with Gasteiger partial charge in [0.1, 0.15) is 4.88 Å². The molecule has 1 aromatic heterocycles. The van der Waals surface area contributed by atoms with E-state index in [1.807, 2.05) is 24.3 Å². The molecule has 1 atom stereocenters. The summed E-state index contributed by atoms with van der Waals surface area (Å²) in [7, 11) is 0. The zero-order chi connectivity index (χ0) is 13.5. The molecule has 4 rings (SSSR count). The molecule has 100 valence electrons. The Balaban J connectivity index is 1.81. The average Bonchev–Trinajstić information content (AvgIpc) is 3.23. The second-order valence-corrected chi connectivity index (χ2v) is 5.67. The molecule has 0 spiro atoms. The van der Waals surface area contributed by atoms with Crippen LogP contribution in [0.15, 0.2) is 29.3 Å². The van der Waals surface area contributed by atoms with E-state index in [9.17, 15) is 4.79 Å². The smallest absolute Gasteiger partial charge is 0.236 e. The molecule has 20 heavy (non-hydrogen) atoms. The summed E-state index contributed by atoms with van der Waals surface area (Å²) in [6.45, 7) is 0. The second-order valence-electron chi connectivity index (χ2n) is 4.91. The predicted octanol–water partition coefficient (Wildman–Crippen LogP) is 2.76. The number of nitrogens with zero attached hydrogens (tertiary/aromatic N) is 3. The summed E-state index contributed by atoms with van der Waals surface area (Å²) in [5.74, 6) is 0.944. The van der Waals surface area contributed by atoms with Crippen LogP contribution < -0.4 is 0 Å². The van der Waals surface area contributed by atoms with Gasteiger partial charge in [-0.25, -0.2) is 4.99 Å². The summed E-state index contributed by atoms with van der Waals surface area (Å²) in [6, 6.07) is 7.53. The van der Waals surface area contributed by atoms with Crippen molar-refractivity contribution in [2.75, 3.05) is 0 Å². The van der Waals surface area contributed by atoms with E-state index in [0.717, 1.165) is 40.9 Å². The first-order valence-corrected chi connectivity index (χ1v) is 7.26. The number of fused-ring (bicyclic) bond motifs is 1. The monoisotopic (exact) mass is 285 g/mol. The number of ether oxygens (including phenoxy) is 1. The molecule has 1 unspecified atom stereocenters. The number of hydrogen-bond acceptors (Lipinski definition) is 6. The van der Waals surface area contributed by atoms with E-state index in [1.54, 1.807) is 0 Å². The lowest BCUT2D eigenvalue weighted by molar-refractivity contribution is -0.114. The number of hydrogen-bond donors (Lipinski definition) is 0. The number of rotatable bonds is 3. The largest absolute Gasteiger partial charge is 0.460 e. The third-order valence-corrected chi connectivity index (χ3v) is 4.23.